The molecule has 1 aromatic heterocycles. The van der Waals surface area contributed by atoms with E-state index in [1.807, 2.05) is 0 Å². The lowest BCUT2D eigenvalue weighted by Crippen LogP contribution is -2.31. The van der Waals surface area contributed by atoms with Crippen LogP contribution in [0.15, 0.2) is 4.90 Å². The largest absolute Gasteiger partial charge is 0.337 e. The van der Waals surface area contributed by atoms with Crippen molar-refractivity contribution in [2.24, 2.45) is 5.41 Å². The van der Waals surface area contributed by atoms with Crippen molar-refractivity contribution >= 4 is 25.6 Å². The van der Waals surface area contributed by atoms with Crippen LogP contribution in [0, 0.1) is 5.41 Å². The van der Waals surface area contributed by atoms with E-state index in [1.165, 1.54) is 0 Å². The first-order chi connectivity index (χ1) is 9.69. The highest BCUT2D eigenvalue weighted by Crippen LogP contribution is 2.43. The number of nitrogens with zero attached hydrogens (tertiary/aromatic N) is 2. The average Bonchev–Trinajstić information content (AvgIpc) is 2.99. The highest BCUT2D eigenvalue weighted by Gasteiger charge is 2.39. The van der Waals surface area contributed by atoms with Gasteiger partial charge in [0.25, 0.3) is 15.0 Å². The average molecular weight is 332 g/mol. The van der Waals surface area contributed by atoms with Gasteiger partial charge in [0.1, 0.15) is 4.90 Å². The van der Waals surface area contributed by atoms with Gasteiger partial charge in [0, 0.05) is 29.7 Å². The molecule has 6 nitrogen and oxygen atoms in total. The fourth-order valence-electron chi connectivity index (χ4n) is 2.82. The zero-order valence-corrected chi connectivity index (χ0v) is 13.6. The van der Waals surface area contributed by atoms with E-state index in [0.29, 0.717) is 18.8 Å². The molecule has 21 heavy (non-hydrogen) atoms. The van der Waals surface area contributed by atoms with Crippen molar-refractivity contribution in [2.45, 2.75) is 43.9 Å². The first-order valence-corrected chi connectivity index (χ1v) is 9.32. The number of carbonyl (C=O) groups excluding carboxylic acids is 1. The van der Waals surface area contributed by atoms with Crippen LogP contribution in [0.3, 0.4) is 0 Å². The Kier molecular flexibility index (Phi) is 3.33. The summed E-state index contributed by atoms with van der Waals surface area (Å²) in [5.41, 5.74) is 0.460. The predicted octanol–water partition coefficient (Wildman–Crippen LogP) is 2.09. The van der Waals surface area contributed by atoms with Gasteiger partial charge in [0.15, 0.2) is 5.69 Å². The van der Waals surface area contributed by atoms with Crippen LogP contribution >= 0.6 is 10.7 Å². The minimum atomic E-state index is -4.00. The molecule has 1 aliphatic heterocycles. The highest BCUT2D eigenvalue weighted by molar-refractivity contribution is 8.13. The van der Waals surface area contributed by atoms with Crippen LogP contribution in [0.5, 0.6) is 0 Å². The fourth-order valence-corrected chi connectivity index (χ4v) is 4.13. The van der Waals surface area contributed by atoms with E-state index in [1.54, 1.807) is 4.90 Å². The summed E-state index contributed by atoms with van der Waals surface area (Å²) in [6, 6.07) is 0. The number of hydrogen-bond donors (Lipinski definition) is 1. The third-order valence-corrected chi connectivity index (χ3v) is 5.51. The van der Waals surface area contributed by atoms with E-state index in [9.17, 15) is 13.2 Å². The van der Waals surface area contributed by atoms with Crippen LogP contribution in [0.1, 0.15) is 55.2 Å². The highest BCUT2D eigenvalue weighted by atomic mass is 35.7. The van der Waals surface area contributed by atoms with Crippen LogP contribution in [-0.2, 0) is 9.05 Å². The van der Waals surface area contributed by atoms with Gasteiger partial charge in [0.2, 0.25) is 0 Å². The maximum Gasteiger partial charge on any atom is 0.275 e. The third kappa shape index (κ3) is 2.81. The molecule has 8 heteroatoms. The smallest absolute Gasteiger partial charge is 0.275 e. The van der Waals surface area contributed by atoms with Crippen molar-refractivity contribution in [1.82, 2.24) is 15.1 Å². The summed E-state index contributed by atoms with van der Waals surface area (Å²) in [6.45, 7) is 5.37. The van der Waals surface area contributed by atoms with E-state index in [2.05, 4.69) is 24.0 Å². The number of amides is 1. The molecule has 3 rings (SSSR count). The van der Waals surface area contributed by atoms with Crippen LogP contribution in [-0.4, -0.2) is 42.5 Å². The molecule has 1 saturated heterocycles. The zero-order chi connectivity index (χ0) is 15.4. The summed E-state index contributed by atoms with van der Waals surface area (Å²) < 4.78 is 23.7. The van der Waals surface area contributed by atoms with Crippen molar-refractivity contribution < 1.29 is 13.2 Å². The normalized spacial score (nSPS) is 21.8. The topological polar surface area (TPSA) is 83.1 Å². The number of carbonyl (C=O) groups is 1. The lowest BCUT2D eigenvalue weighted by molar-refractivity contribution is 0.0768. The number of aromatic amines is 1. The van der Waals surface area contributed by atoms with Gasteiger partial charge in [-0.2, -0.15) is 5.10 Å². The fraction of sp³-hybridized carbons (Fsp3) is 0.692. The van der Waals surface area contributed by atoms with Crippen molar-refractivity contribution in [3.05, 3.63) is 11.4 Å². The Morgan fingerprint density at radius 1 is 1.43 bits per heavy atom. The molecule has 2 aliphatic rings. The summed E-state index contributed by atoms with van der Waals surface area (Å²) in [6.07, 6.45) is 2.68. The Bertz CT molecular complexity index is 692. The van der Waals surface area contributed by atoms with Crippen molar-refractivity contribution in [3.63, 3.8) is 0 Å². The van der Waals surface area contributed by atoms with Gasteiger partial charge in [0.05, 0.1) is 5.69 Å². The second kappa shape index (κ2) is 4.71. The van der Waals surface area contributed by atoms with Crippen molar-refractivity contribution in [1.29, 1.82) is 0 Å². The second-order valence-electron chi connectivity index (χ2n) is 6.67. The molecule has 2 heterocycles. The Morgan fingerprint density at radius 3 is 2.57 bits per heavy atom. The molecule has 2 fully saturated rings. The molecule has 1 N–H and O–H groups in total. The quantitative estimate of drug-likeness (QED) is 0.860. The van der Waals surface area contributed by atoms with Crippen molar-refractivity contribution in [2.75, 3.05) is 13.1 Å². The zero-order valence-electron chi connectivity index (χ0n) is 12.0. The predicted molar refractivity (Wildman–Crippen MR) is 77.9 cm³/mol. The Hall–Kier alpha value is -1.08. The molecule has 0 bridgehead atoms. The number of nitrogens with one attached hydrogen (secondary N) is 1. The molecular weight excluding hydrogens is 314 g/mol. The van der Waals surface area contributed by atoms with E-state index in [4.69, 9.17) is 10.7 Å². The molecule has 1 aliphatic carbocycles. The van der Waals surface area contributed by atoms with E-state index in [-0.39, 0.29) is 27.8 Å². The lowest BCUT2D eigenvalue weighted by atomic mass is 9.93. The first-order valence-electron chi connectivity index (χ1n) is 7.01. The molecular formula is C13H18ClN3O3S. The first kappa shape index (κ1) is 14.8. The summed E-state index contributed by atoms with van der Waals surface area (Å²) in [4.78, 5) is 14.1. The molecule has 0 spiro atoms. The Morgan fingerprint density at radius 2 is 2.10 bits per heavy atom. The van der Waals surface area contributed by atoms with Gasteiger partial charge in [-0.3, -0.25) is 9.89 Å². The van der Waals surface area contributed by atoms with Gasteiger partial charge in [-0.05, 0) is 24.7 Å². The van der Waals surface area contributed by atoms with E-state index >= 15 is 0 Å². The molecule has 1 amide bonds. The summed E-state index contributed by atoms with van der Waals surface area (Å²) in [7, 11) is 1.53. The monoisotopic (exact) mass is 331 g/mol. The number of aromatic nitrogens is 2. The van der Waals surface area contributed by atoms with Crippen LogP contribution in [0.25, 0.3) is 0 Å². The number of rotatable bonds is 3. The Labute approximate surface area is 128 Å². The van der Waals surface area contributed by atoms with Crippen molar-refractivity contribution in [3.8, 4) is 0 Å². The van der Waals surface area contributed by atoms with Gasteiger partial charge < -0.3 is 4.90 Å². The molecule has 0 unspecified atom stereocenters. The number of H-pyrrole nitrogens is 1. The SMILES string of the molecule is CC1(C)CCN(C(=O)c2n[nH]c(C3CC3)c2S(=O)(=O)Cl)C1. The maximum atomic E-state index is 12.6. The number of halogens is 1. The van der Waals surface area contributed by atoms with Crippen LogP contribution in [0.4, 0.5) is 0 Å². The van der Waals surface area contributed by atoms with Crippen LogP contribution in [0.2, 0.25) is 0 Å². The van der Waals surface area contributed by atoms with Gasteiger partial charge in [-0.15, -0.1) is 0 Å². The van der Waals surface area contributed by atoms with E-state index in [0.717, 1.165) is 19.3 Å². The minimum Gasteiger partial charge on any atom is -0.337 e. The maximum absolute atomic E-state index is 12.6. The van der Waals surface area contributed by atoms with Gasteiger partial charge in [-0.1, -0.05) is 13.8 Å². The number of hydrogen-bond acceptors (Lipinski definition) is 4. The summed E-state index contributed by atoms with van der Waals surface area (Å²) >= 11 is 0. The van der Waals surface area contributed by atoms with Crippen LogP contribution < -0.4 is 0 Å². The standard InChI is InChI=1S/C13H18ClN3O3S/c1-13(2)5-6-17(7-13)12(18)10-11(21(14,19)20)9(15-16-10)8-3-4-8/h8H,3-7H2,1-2H3,(H,15,16). The minimum absolute atomic E-state index is 0.0469. The Balaban J connectivity index is 1.97. The third-order valence-electron chi connectivity index (χ3n) is 4.14. The van der Waals surface area contributed by atoms with Gasteiger partial charge >= 0.3 is 0 Å². The molecule has 0 atom stereocenters. The molecule has 1 saturated carbocycles. The summed E-state index contributed by atoms with van der Waals surface area (Å²) in [5.74, 6) is -0.236. The van der Waals surface area contributed by atoms with Gasteiger partial charge in [-0.25, -0.2) is 8.42 Å². The molecule has 1 aromatic rings. The molecule has 0 aromatic carbocycles. The summed E-state index contributed by atoms with van der Waals surface area (Å²) in [5, 5.41) is 6.66. The molecule has 116 valence electrons. The van der Waals surface area contributed by atoms with E-state index < -0.39 is 9.05 Å². The lowest BCUT2D eigenvalue weighted by Gasteiger charge is -2.19. The number of likely N-dealkylation sites (tertiary alicyclic amines) is 1. The second-order valence-corrected chi connectivity index (χ2v) is 9.17. The molecule has 0 radical (unpaired) electrons.